The Bertz CT molecular complexity index is 344. The van der Waals surface area contributed by atoms with Gasteiger partial charge in [0.2, 0.25) is 0 Å². The number of fused-ring (bicyclic) bond motifs is 2. The maximum absolute atomic E-state index is 9.39. The second-order valence-electron chi connectivity index (χ2n) is 7.42. The average Bonchev–Trinajstić information content (AvgIpc) is 2.75. The van der Waals surface area contributed by atoms with Gasteiger partial charge in [-0.3, -0.25) is 4.90 Å². The van der Waals surface area contributed by atoms with Gasteiger partial charge in [-0.2, -0.15) is 0 Å². The smallest absolute Gasteiger partial charge is 0.0558 e. The molecule has 0 spiro atoms. The van der Waals surface area contributed by atoms with Crippen LogP contribution in [0.3, 0.4) is 0 Å². The van der Waals surface area contributed by atoms with E-state index in [0.29, 0.717) is 37.6 Å². The van der Waals surface area contributed by atoms with E-state index < -0.39 is 0 Å². The highest BCUT2D eigenvalue weighted by molar-refractivity contribution is 5.20. The average molecular weight is 300 g/mol. The summed E-state index contributed by atoms with van der Waals surface area (Å²) < 4.78 is 0. The highest BCUT2D eigenvalue weighted by Crippen LogP contribution is 2.66. The number of aliphatic hydroxyl groups excluding tert-OH is 3. The molecule has 0 saturated heterocycles. The molecule has 0 aromatic carbocycles. The van der Waals surface area contributed by atoms with Gasteiger partial charge in [0.15, 0.2) is 0 Å². The molecule has 0 heterocycles. The molecule has 0 unspecified atom stereocenters. The van der Waals surface area contributed by atoms with Crippen molar-refractivity contribution >= 4 is 0 Å². The largest absolute Gasteiger partial charge is 0.395 e. The van der Waals surface area contributed by atoms with Gasteiger partial charge in [-0.15, -0.1) is 0 Å². The SMILES string of the molecule is CC1(C)[C@H]2CC[C@]1(C)[C@H](N(CCO)CCO)[C@@H]2NCCO. The summed E-state index contributed by atoms with van der Waals surface area (Å²) in [7, 11) is 0. The lowest BCUT2D eigenvalue weighted by atomic mass is 9.68. The minimum atomic E-state index is 0.115. The van der Waals surface area contributed by atoms with Gasteiger partial charge in [0.05, 0.1) is 19.8 Å². The topological polar surface area (TPSA) is 76.0 Å². The van der Waals surface area contributed by atoms with E-state index in [9.17, 15) is 10.2 Å². The molecule has 2 fully saturated rings. The first kappa shape index (κ1) is 17.2. The second kappa shape index (κ2) is 6.50. The van der Waals surface area contributed by atoms with Gasteiger partial charge in [0.25, 0.3) is 0 Å². The van der Waals surface area contributed by atoms with Gasteiger partial charge in [0, 0.05) is 31.7 Å². The van der Waals surface area contributed by atoms with E-state index in [0.717, 1.165) is 0 Å². The molecule has 0 amide bonds. The Hall–Kier alpha value is -0.200. The summed E-state index contributed by atoms with van der Waals surface area (Å²) >= 11 is 0. The summed E-state index contributed by atoms with van der Waals surface area (Å²) in [6, 6.07) is 0.626. The van der Waals surface area contributed by atoms with Crippen molar-refractivity contribution in [2.75, 3.05) is 39.5 Å². The molecule has 0 aliphatic heterocycles. The van der Waals surface area contributed by atoms with E-state index in [2.05, 4.69) is 31.0 Å². The van der Waals surface area contributed by atoms with Crippen LogP contribution in [0.5, 0.6) is 0 Å². The molecule has 2 aliphatic carbocycles. The molecule has 0 aromatic heterocycles. The molecule has 2 bridgehead atoms. The number of hydrogen-bond donors (Lipinski definition) is 4. The van der Waals surface area contributed by atoms with Crippen molar-refractivity contribution in [1.82, 2.24) is 10.2 Å². The highest BCUT2D eigenvalue weighted by atomic mass is 16.3. The van der Waals surface area contributed by atoms with Crippen LogP contribution in [-0.2, 0) is 0 Å². The van der Waals surface area contributed by atoms with Gasteiger partial charge in [-0.25, -0.2) is 0 Å². The highest BCUT2D eigenvalue weighted by Gasteiger charge is 2.66. The molecule has 5 heteroatoms. The third-order valence-electron chi connectivity index (χ3n) is 6.46. The van der Waals surface area contributed by atoms with Gasteiger partial charge >= 0.3 is 0 Å². The maximum Gasteiger partial charge on any atom is 0.0558 e. The van der Waals surface area contributed by atoms with Crippen LogP contribution >= 0.6 is 0 Å². The fraction of sp³-hybridized carbons (Fsp3) is 1.00. The molecule has 5 nitrogen and oxygen atoms in total. The van der Waals surface area contributed by atoms with Gasteiger partial charge in [-0.1, -0.05) is 20.8 Å². The number of aliphatic hydroxyl groups is 3. The Kier molecular flexibility index (Phi) is 5.31. The lowest BCUT2D eigenvalue weighted by Crippen LogP contribution is -2.58. The standard InChI is InChI=1S/C16H32N2O3/c1-15(2)12-4-5-16(15,3)14(13(12)17-6-9-19)18(7-10-20)8-11-21/h12-14,17,19-21H,4-11H2,1-3H3/t12-,13+,14+,16+/m0/s1. The van der Waals surface area contributed by atoms with Crippen LogP contribution in [0.1, 0.15) is 33.6 Å². The van der Waals surface area contributed by atoms with Crippen molar-refractivity contribution in [2.24, 2.45) is 16.7 Å². The molecule has 4 atom stereocenters. The molecule has 0 radical (unpaired) electrons. The van der Waals surface area contributed by atoms with Crippen molar-refractivity contribution in [3.8, 4) is 0 Å². The zero-order chi connectivity index (χ0) is 15.7. The van der Waals surface area contributed by atoms with Gasteiger partial charge in [0.1, 0.15) is 0 Å². The van der Waals surface area contributed by atoms with E-state index >= 15 is 0 Å². The van der Waals surface area contributed by atoms with Crippen molar-refractivity contribution in [3.05, 3.63) is 0 Å². The number of rotatable bonds is 8. The number of nitrogens with zero attached hydrogens (tertiary/aromatic N) is 1. The Balaban J connectivity index is 2.29. The summed E-state index contributed by atoms with van der Waals surface area (Å²) in [5, 5.41) is 31.5. The van der Waals surface area contributed by atoms with Crippen molar-refractivity contribution in [2.45, 2.75) is 45.7 Å². The minimum Gasteiger partial charge on any atom is -0.395 e. The van der Waals surface area contributed by atoms with Crippen LogP contribution < -0.4 is 5.32 Å². The zero-order valence-corrected chi connectivity index (χ0v) is 13.7. The Labute approximate surface area is 128 Å². The van der Waals surface area contributed by atoms with Crippen molar-refractivity contribution < 1.29 is 15.3 Å². The molecule has 4 N–H and O–H groups in total. The molecule has 21 heavy (non-hydrogen) atoms. The first-order chi connectivity index (χ1) is 9.94. The normalized spacial score (nSPS) is 37.6. The summed E-state index contributed by atoms with van der Waals surface area (Å²) in [5.74, 6) is 0.582. The molecule has 2 aliphatic rings. The predicted octanol–water partition coefficient (Wildman–Crippen LogP) is 0.0482. The van der Waals surface area contributed by atoms with Crippen LogP contribution in [0, 0.1) is 16.7 Å². The molecule has 2 rings (SSSR count). The zero-order valence-electron chi connectivity index (χ0n) is 13.7. The van der Waals surface area contributed by atoms with E-state index in [1.165, 1.54) is 12.8 Å². The predicted molar refractivity (Wildman–Crippen MR) is 83.0 cm³/mol. The fourth-order valence-electron chi connectivity index (χ4n) is 5.10. The summed E-state index contributed by atoms with van der Waals surface area (Å²) in [5.41, 5.74) is 0.406. The quantitative estimate of drug-likeness (QED) is 0.510. The minimum absolute atomic E-state index is 0.115. The van der Waals surface area contributed by atoms with Crippen LogP contribution in [0.2, 0.25) is 0 Å². The van der Waals surface area contributed by atoms with Crippen LogP contribution in [-0.4, -0.2) is 71.8 Å². The summed E-state index contributed by atoms with van der Waals surface area (Å²) in [6.45, 7) is 9.25. The molecular formula is C16H32N2O3. The lowest BCUT2D eigenvalue weighted by molar-refractivity contribution is 0.0146. The number of hydrogen-bond acceptors (Lipinski definition) is 5. The third-order valence-corrected chi connectivity index (χ3v) is 6.46. The van der Waals surface area contributed by atoms with Crippen molar-refractivity contribution in [3.63, 3.8) is 0 Å². The van der Waals surface area contributed by atoms with E-state index in [4.69, 9.17) is 5.11 Å². The monoisotopic (exact) mass is 300 g/mol. The molecule has 124 valence electrons. The molecule has 0 aromatic rings. The van der Waals surface area contributed by atoms with E-state index in [1.54, 1.807) is 0 Å². The Morgan fingerprint density at radius 3 is 2.19 bits per heavy atom. The van der Waals surface area contributed by atoms with Crippen LogP contribution in [0.15, 0.2) is 0 Å². The first-order valence-electron chi connectivity index (χ1n) is 8.24. The second-order valence-corrected chi connectivity index (χ2v) is 7.42. The fourth-order valence-corrected chi connectivity index (χ4v) is 5.10. The van der Waals surface area contributed by atoms with Crippen molar-refractivity contribution in [1.29, 1.82) is 0 Å². The maximum atomic E-state index is 9.39. The van der Waals surface area contributed by atoms with Crippen LogP contribution in [0.4, 0.5) is 0 Å². The lowest BCUT2D eigenvalue weighted by Gasteiger charge is -2.46. The number of nitrogens with one attached hydrogen (secondary N) is 1. The van der Waals surface area contributed by atoms with Crippen LogP contribution in [0.25, 0.3) is 0 Å². The first-order valence-corrected chi connectivity index (χ1v) is 8.24. The van der Waals surface area contributed by atoms with E-state index in [-0.39, 0.29) is 30.7 Å². The summed E-state index contributed by atoms with van der Waals surface area (Å²) in [6.07, 6.45) is 2.41. The Morgan fingerprint density at radius 2 is 1.67 bits per heavy atom. The third kappa shape index (κ3) is 2.63. The Morgan fingerprint density at radius 1 is 1.05 bits per heavy atom. The molecular weight excluding hydrogens is 268 g/mol. The summed E-state index contributed by atoms with van der Waals surface area (Å²) in [4.78, 5) is 2.25. The molecule has 2 saturated carbocycles. The van der Waals surface area contributed by atoms with E-state index in [1.807, 2.05) is 0 Å². The van der Waals surface area contributed by atoms with Gasteiger partial charge in [-0.05, 0) is 29.6 Å². The van der Waals surface area contributed by atoms with Gasteiger partial charge < -0.3 is 20.6 Å².